The molecule has 0 fully saturated rings. The van der Waals surface area contributed by atoms with Gasteiger partial charge in [-0.05, 0) is 24.6 Å². The van der Waals surface area contributed by atoms with Crippen LogP contribution in [0.2, 0.25) is 10.0 Å². The van der Waals surface area contributed by atoms with Gasteiger partial charge in [-0.2, -0.15) is 0 Å². The minimum absolute atomic E-state index is 0.562. The lowest BCUT2D eigenvalue weighted by Crippen LogP contribution is -2.13. The molecular weight excluding hydrogens is 285 g/mol. The van der Waals surface area contributed by atoms with Crippen LogP contribution in [-0.2, 0) is 6.42 Å². The van der Waals surface area contributed by atoms with E-state index in [1.807, 2.05) is 6.92 Å². The van der Waals surface area contributed by atoms with Crippen LogP contribution in [0.15, 0.2) is 24.5 Å². The second-order valence-corrected chi connectivity index (χ2v) is 4.64. The van der Waals surface area contributed by atoms with Crippen LogP contribution in [0, 0.1) is 0 Å². The Morgan fingerprint density at radius 3 is 2.63 bits per heavy atom. The number of aromatic nitrogens is 2. The number of rotatable bonds is 4. The molecule has 0 atom stereocenters. The average molecular weight is 298 g/mol. The molecule has 7 heteroatoms. The van der Waals surface area contributed by atoms with Crippen LogP contribution >= 0.6 is 23.2 Å². The van der Waals surface area contributed by atoms with Crippen molar-refractivity contribution >= 4 is 40.5 Å². The molecule has 0 aliphatic rings. The summed E-state index contributed by atoms with van der Waals surface area (Å²) in [5.41, 5.74) is 4.11. The highest BCUT2D eigenvalue weighted by atomic mass is 35.5. The van der Waals surface area contributed by atoms with Gasteiger partial charge < -0.3 is 10.7 Å². The molecule has 100 valence electrons. The fourth-order valence-corrected chi connectivity index (χ4v) is 2.04. The summed E-state index contributed by atoms with van der Waals surface area (Å²) in [4.78, 5) is 8.27. The van der Waals surface area contributed by atoms with Crippen LogP contribution in [0.4, 0.5) is 17.3 Å². The number of halogens is 2. The maximum Gasteiger partial charge on any atom is 0.148 e. The average Bonchev–Trinajstić information content (AvgIpc) is 2.42. The number of benzene rings is 1. The molecule has 0 unspecified atom stereocenters. The van der Waals surface area contributed by atoms with Gasteiger partial charge in [-0.25, -0.2) is 15.8 Å². The summed E-state index contributed by atoms with van der Waals surface area (Å²) < 4.78 is 0. The SMILES string of the molecule is CCc1c(NN)ncnc1Nc1cc(Cl)ccc1Cl. The quantitative estimate of drug-likeness (QED) is 0.596. The first-order valence-corrected chi connectivity index (χ1v) is 6.43. The fraction of sp³-hybridized carbons (Fsp3) is 0.167. The van der Waals surface area contributed by atoms with E-state index in [1.54, 1.807) is 18.2 Å². The molecule has 0 aliphatic heterocycles. The van der Waals surface area contributed by atoms with Crippen LogP contribution in [0.3, 0.4) is 0 Å². The zero-order valence-electron chi connectivity index (χ0n) is 10.2. The van der Waals surface area contributed by atoms with Crippen molar-refractivity contribution in [3.63, 3.8) is 0 Å². The Morgan fingerprint density at radius 1 is 1.21 bits per heavy atom. The number of nitrogens with zero attached hydrogens (tertiary/aromatic N) is 2. The molecule has 1 aromatic carbocycles. The fourth-order valence-electron chi connectivity index (χ4n) is 1.70. The van der Waals surface area contributed by atoms with Gasteiger partial charge in [-0.1, -0.05) is 30.1 Å². The summed E-state index contributed by atoms with van der Waals surface area (Å²) in [5.74, 6) is 6.66. The van der Waals surface area contributed by atoms with Crippen LogP contribution < -0.4 is 16.6 Å². The molecule has 1 aromatic heterocycles. The second-order valence-electron chi connectivity index (χ2n) is 3.80. The van der Waals surface area contributed by atoms with Crippen LogP contribution in [0.25, 0.3) is 0 Å². The maximum atomic E-state index is 6.11. The third-order valence-electron chi connectivity index (χ3n) is 2.62. The van der Waals surface area contributed by atoms with Gasteiger partial charge in [0.15, 0.2) is 0 Å². The monoisotopic (exact) mass is 297 g/mol. The van der Waals surface area contributed by atoms with Gasteiger partial charge >= 0.3 is 0 Å². The molecule has 1 heterocycles. The lowest BCUT2D eigenvalue weighted by Gasteiger charge is -2.13. The van der Waals surface area contributed by atoms with Crippen molar-refractivity contribution in [1.29, 1.82) is 0 Å². The lowest BCUT2D eigenvalue weighted by atomic mass is 10.2. The first-order valence-electron chi connectivity index (χ1n) is 5.68. The van der Waals surface area contributed by atoms with Gasteiger partial charge in [0, 0.05) is 10.6 Å². The van der Waals surface area contributed by atoms with E-state index in [0.29, 0.717) is 27.4 Å². The van der Waals surface area contributed by atoms with Crippen molar-refractivity contribution < 1.29 is 0 Å². The Balaban J connectivity index is 2.40. The smallest absolute Gasteiger partial charge is 0.148 e. The lowest BCUT2D eigenvalue weighted by molar-refractivity contribution is 1.04. The standard InChI is InChI=1S/C12H13Cl2N5/c1-2-8-11(16-6-17-12(8)19-15)18-10-5-7(13)3-4-9(10)14/h3-6H,2,15H2,1H3,(H2,16,17,18,19). The summed E-state index contributed by atoms with van der Waals surface area (Å²) in [7, 11) is 0. The van der Waals surface area contributed by atoms with E-state index in [1.165, 1.54) is 6.33 Å². The molecule has 5 nitrogen and oxygen atoms in total. The zero-order chi connectivity index (χ0) is 13.8. The third kappa shape index (κ3) is 3.07. The van der Waals surface area contributed by atoms with Crippen molar-refractivity contribution in [3.05, 3.63) is 40.1 Å². The number of nitrogens with two attached hydrogens (primary N) is 1. The van der Waals surface area contributed by atoms with Crippen LogP contribution in [0.5, 0.6) is 0 Å². The van der Waals surface area contributed by atoms with E-state index in [9.17, 15) is 0 Å². The molecule has 0 saturated carbocycles. The van der Waals surface area contributed by atoms with E-state index in [0.717, 1.165) is 12.0 Å². The summed E-state index contributed by atoms with van der Waals surface area (Å²) in [6, 6.07) is 5.19. The summed E-state index contributed by atoms with van der Waals surface area (Å²) in [5, 5.41) is 4.30. The van der Waals surface area contributed by atoms with Crippen molar-refractivity contribution in [2.45, 2.75) is 13.3 Å². The number of nitrogen functional groups attached to an aromatic ring is 1. The Bertz CT molecular complexity index is 588. The van der Waals surface area contributed by atoms with Gasteiger partial charge in [0.05, 0.1) is 10.7 Å². The van der Waals surface area contributed by atoms with Crippen molar-refractivity contribution in [2.24, 2.45) is 5.84 Å². The Morgan fingerprint density at radius 2 is 1.95 bits per heavy atom. The number of hydrogen-bond donors (Lipinski definition) is 3. The van der Waals surface area contributed by atoms with Gasteiger partial charge in [-0.3, -0.25) is 0 Å². The van der Waals surface area contributed by atoms with Crippen molar-refractivity contribution in [3.8, 4) is 0 Å². The molecule has 0 spiro atoms. The molecule has 0 saturated heterocycles. The summed E-state index contributed by atoms with van der Waals surface area (Å²) in [6.07, 6.45) is 2.15. The van der Waals surface area contributed by atoms with Gasteiger partial charge in [0.1, 0.15) is 18.0 Å². The Labute approximate surface area is 121 Å². The molecule has 0 radical (unpaired) electrons. The zero-order valence-corrected chi connectivity index (χ0v) is 11.8. The Hall–Kier alpha value is -1.56. The van der Waals surface area contributed by atoms with Crippen molar-refractivity contribution in [1.82, 2.24) is 9.97 Å². The molecule has 4 N–H and O–H groups in total. The van der Waals surface area contributed by atoms with Gasteiger partial charge in [0.25, 0.3) is 0 Å². The van der Waals surface area contributed by atoms with E-state index in [4.69, 9.17) is 29.0 Å². The van der Waals surface area contributed by atoms with Crippen molar-refractivity contribution in [2.75, 3.05) is 10.7 Å². The molecule has 0 amide bonds. The molecule has 0 bridgehead atoms. The van der Waals surface area contributed by atoms with Crippen LogP contribution in [0.1, 0.15) is 12.5 Å². The normalized spacial score (nSPS) is 10.3. The van der Waals surface area contributed by atoms with E-state index in [2.05, 4.69) is 20.7 Å². The number of hydrogen-bond acceptors (Lipinski definition) is 5. The predicted octanol–water partition coefficient (Wildman–Crippen LogP) is 3.38. The number of hydrazine groups is 1. The molecular formula is C12H13Cl2N5. The molecule has 19 heavy (non-hydrogen) atoms. The maximum absolute atomic E-state index is 6.11. The minimum atomic E-state index is 0.562. The second kappa shape index (κ2) is 6.06. The minimum Gasteiger partial charge on any atom is -0.339 e. The van der Waals surface area contributed by atoms with Gasteiger partial charge in [-0.15, -0.1) is 0 Å². The van der Waals surface area contributed by atoms with E-state index < -0.39 is 0 Å². The van der Waals surface area contributed by atoms with E-state index in [-0.39, 0.29) is 0 Å². The topological polar surface area (TPSA) is 75.9 Å². The van der Waals surface area contributed by atoms with E-state index >= 15 is 0 Å². The van der Waals surface area contributed by atoms with Crippen LogP contribution in [-0.4, -0.2) is 9.97 Å². The highest BCUT2D eigenvalue weighted by Gasteiger charge is 2.10. The third-order valence-corrected chi connectivity index (χ3v) is 3.18. The first kappa shape index (κ1) is 13.9. The number of anilines is 3. The molecule has 0 aliphatic carbocycles. The highest BCUT2D eigenvalue weighted by molar-refractivity contribution is 6.35. The number of nitrogens with one attached hydrogen (secondary N) is 2. The first-order chi connectivity index (χ1) is 9.15. The Kier molecular flexibility index (Phi) is 4.42. The molecule has 2 rings (SSSR count). The predicted molar refractivity (Wildman–Crippen MR) is 79.0 cm³/mol. The molecule has 2 aromatic rings. The summed E-state index contributed by atoms with van der Waals surface area (Å²) in [6.45, 7) is 1.99. The highest BCUT2D eigenvalue weighted by Crippen LogP contribution is 2.30. The largest absolute Gasteiger partial charge is 0.339 e. The summed E-state index contributed by atoms with van der Waals surface area (Å²) >= 11 is 12.1. The van der Waals surface area contributed by atoms with Gasteiger partial charge in [0.2, 0.25) is 0 Å².